The summed E-state index contributed by atoms with van der Waals surface area (Å²) in [6.45, 7) is 0. The molecule has 2 amide bonds. The minimum atomic E-state index is -0.652. The number of para-hydroxylation sites is 1. The van der Waals surface area contributed by atoms with E-state index in [0.717, 1.165) is 5.56 Å². The van der Waals surface area contributed by atoms with Crippen molar-refractivity contribution >= 4 is 29.4 Å². The van der Waals surface area contributed by atoms with Crippen molar-refractivity contribution in [3.63, 3.8) is 0 Å². The Hall–Kier alpha value is -3.47. The van der Waals surface area contributed by atoms with Gasteiger partial charge in [0.05, 0.1) is 23.6 Å². The molecule has 0 N–H and O–H groups in total. The minimum Gasteiger partial charge on any atom is -0.359 e. The Bertz CT molecular complexity index is 1010. The number of carbonyl (C=O) groups is 3. The molecule has 3 aliphatic rings. The van der Waals surface area contributed by atoms with Crippen LogP contribution in [0.5, 0.6) is 0 Å². The Morgan fingerprint density at radius 3 is 2.14 bits per heavy atom. The lowest BCUT2D eigenvalue weighted by Gasteiger charge is -2.32. The molecule has 0 saturated carbocycles. The van der Waals surface area contributed by atoms with E-state index in [9.17, 15) is 14.4 Å². The summed E-state index contributed by atoms with van der Waals surface area (Å²) < 4.78 is 0. The average Bonchev–Trinajstić information content (AvgIpc) is 3.12. The highest BCUT2D eigenvalue weighted by molar-refractivity contribution is 6.24. The fraction of sp³-hybridized carbons (Fsp3) is 0.174. The third-order valence-corrected chi connectivity index (χ3v) is 5.77. The fourth-order valence-electron chi connectivity index (χ4n) is 4.56. The van der Waals surface area contributed by atoms with Gasteiger partial charge in [0.15, 0.2) is 5.78 Å². The van der Waals surface area contributed by atoms with Gasteiger partial charge in [0, 0.05) is 6.20 Å². The number of hydrogen-bond acceptors (Lipinski definition) is 4. The van der Waals surface area contributed by atoms with Crippen molar-refractivity contribution in [2.45, 2.75) is 12.1 Å². The molecule has 2 aromatic rings. The van der Waals surface area contributed by atoms with Crippen molar-refractivity contribution in [2.75, 3.05) is 4.90 Å². The van der Waals surface area contributed by atoms with Crippen LogP contribution in [0, 0.1) is 11.8 Å². The lowest BCUT2D eigenvalue weighted by molar-refractivity contribution is -0.128. The minimum absolute atomic E-state index is 0.127. The predicted octanol–water partition coefficient (Wildman–Crippen LogP) is 2.65. The van der Waals surface area contributed by atoms with Crippen LogP contribution >= 0.6 is 0 Å². The maximum atomic E-state index is 13.2. The summed E-state index contributed by atoms with van der Waals surface area (Å²) in [5.41, 5.74) is 1.56. The monoisotopic (exact) mass is 370 g/mol. The molecule has 2 fully saturated rings. The van der Waals surface area contributed by atoms with Crippen LogP contribution in [0.1, 0.15) is 5.56 Å². The van der Waals surface area contributed by atoms with Crippen LogP contribution < -0.4 is 4.90 Å². The smallest absolute Gasteiger partial charge is 0.240 e. The van der Waals surface area contributed by atoms with Crippen LogP contribution in [-0.4, -0.2) is 34.6 Å². The molecular formula is C23H18N2O3. The summed E-state index contributed by atoms with van der Waals surface area (Å²) >= 11 is 0. The van der Waals surface area contributed by atoms with Crippen molar-refractivity contribution in [3.05, 3.63) is 84.6 Å². The second-order valence-corrected chi connectivity index (χ2v) is 7.27. The van der Waals surface area contributed by atoms with Gasteiger partial charge in [-0.1, -0.05) is 54.6 Å². The van der Waals surface area contributed by atoms with Crippen molar-refractivity contribution in [1.29, 1.82) is 0 Å². The molecule has 0 aromatic heterocycles. The molecule has 5 heteroatoms. The van der Waals surface area contributed by atoms with Crippen molar-refractivity contribution in [3.8, 4) is 0 Å². The van der Waals surface area contributed by atoms with Crippen LogP contribution in [0.15, 0.2) is 79.0 Å². The Kier molecular flexibility index (Phi) is 3.76. The average molecular weight is 370 g/mol. The van der Waals surface area contributed by atoms with E-state index in [-0.39, 0.29) is 23.6 Å². The van der Waals surface area contributed by atoms with Crippen LogP contribution in [0.3, 0.4) is 0 Å². The molecule has 2 aromatic carbocycles. The summed E-state index contributed by atoms with van der Waals surface area (Å²) in [4.78, 5) is 42.2. The second kappa shape index (κ2) is 6.30. The Labute approximate surface area is 162 Å². The van der Waals surface area contributed by atoms with Crippen LogP contribution in [0.25, 0.3) is 6.08 Å². The van der Waals surface area contributed by atoms with Crippen LogP contribution in [0.4, 0.5) is 5.69 Å². The zero-order valence-corrected chi connectivity index (χ0v) is 15.0. The number of amides is 2. The normalized spacial score (nSPS) is 28.5. The quantitative estimate of drug-likeness (QED) is 0.780. The van der Waals surface area contributed by atoms with Gasteiger partial charge in [0.25, 0.3) is 0 Å². The zero-order valence-electron chi connectivity index (χ0n) is 15.0. The molecule has 4 unspecified atom stereocenters. The van der Waals surface area contributed by atoms with Gasteiger partial charge >= 0.3 is 0 Å². The highest BCUT2D eigenvalue weighted by atomic mass is 16.2. The molecule has 4 atom stereocenters. The molecule has 2 saturated heterocycles. The second-order valence-electron chi connectivity index (χ2n) is 7.27. The van der Waals surface area contributed by atoms with E-state index in [1.807, 2.05) is 53.6 Å². The first-order valence-electron chi connectivity index (χ1n) is 9.32. The predicted molar refractivity (Wildman–Crippen MR) is 105 cm³/mol. The number of imide groups is 1. The van der Waals surface area contributed by atoms with Gasteiger partial charge in [-0.15, -0.1) is 0 Å². The summed E-state index contributed by atoms with van der Waals surface area (Å²) in [5, 5.41) is 0. The third-order valence-electron chi connectivity index (χ3n) is 5.77. The van der Waals surface area contributed by atoms with Gasteiger partial charge in [-0.25, -0.2) is 4.90 Å². The van der Waals surface area contributed by atoms with Gasteiger partial charge in [-0.05, 0) is 29.8 Å². The number of benzene rings is 2. The maximum absolute atomic E-state index is 13.2. The van der Waals surface area contributed by atoms with Gasteiger partial charge in [-0.2, -0.15) is 0 Å². The highest BCUT2D eigenvalue weighted by Gasteiger charge is 2.63. The molecule has 0 aliphatic carbocycles. The SMILES string of the molecule is O=C1C=CC2C3C(=O)N(c4ccccc4)C(=O)C3C1N2C=Cc1ccccc1. The topological polar surface area (TPSA) is 57.7 Å². The van der Waals surface area contributed by atoms with E-state index in [2.05, 4.69) is 0 Å². The molecule has 138 valence electrons. The lowest BCUT2D eigenvalue weighted by atomic mass is 9.90. The van der Waals surface area contributed by atoms with Gasteiger partial charge in [0.1, 0.15) is 6.04 Å². The third kappa shape index (κ3) is 2.36. The number of rotatable bonds is 3. The number of carbonyl (C=O) groups excluding carboxylic acids is 3. The molecule has 5 rings (SSSR count). The summed E-state index contributed by atoms with van der Waals surface area (Å²) in [7, 11) is 0. The summed E-state index contributed by atoms with van der Waals surface area (Å²) in [6.07, 6.45) is 7.04. The first-order valence-corrected chi connectivity index (χ1v) is 9.32. The Morgan fingerprint density at radius 2 is 1.43 bits per heavy atom. The Balaban J connectivity index is 1.51. The van der Waals surface area contributed by atoms with Crippen molar-refractivity contribution < 1.29 is 14.4 Å². The van der Waals surface area contributed by atoms with E-state index in [4.69, 9.17) is 0 Å². The van der Waals surface area contributed by atoms with Gasteiger partial charge in [0.2, 0.25) is 11.8 Å². The number of hydrogen-bond donors (Lipinski definition) is 0. The molecule has 3 aliphatic heterocycles. The summed E-state index contributed by atoms with van der Waals surface area (Å²) in [5.74, 6) is -1.84. The lowest BCUT2D eigenvalue weighted by Crippen LogP contribution is -2.46. The number of anilines is 1. The zero-order chi connectivity index (χ0) is 19.3. The number of ketones is 1. The molecule has 3 heterocycles. The highest BCUT2D eigenvalue weighted by Crippen LogP contribution is 2.46. The first-order chi connectivity index (χ1) is 13.7. The summed E-state index contributed by atoms with van der Waals surface area (Å²) in [6, 6.07) is 17.8. The standard InChI is InChI=1S/C23H18N2O3/c26-18-12-11-17-19-20(21(18)24(17)14-13-15-7-3-1-4-8-15)23(28)25(22(19)27)16-9-5-2-6-10-16/h1-14,17,19-21H. The number of fused-ring (bicyclic) bond motifs is 5. The molecule has 28 heavy (non-hydrogen) atoms. The van der Waals surface area contributed by atoms with Crippen LogP contribution in [-0.2, 0) is 14.4 Å². The largest absolute Gasteiger partial charge is 0.359 e. The van der Waals surface area contributed by atoms with Gasteiger partial charge in [-0.3, -0.25) is 14.4 Å². The molecular weight excluding hydrogens is 352 g/mol. The van der Waals surface area contributed by atoms with E-state index in [1.165, 1.54) is 11.0 Å². The molecule has 0 spiro atoms. The Morgan fingerprint density at radius 1 is 0.786 bits per heavy atom. The molecule has 0 radical (unpaired) electrons. The molecule has 2 bridgehead atoms. The van der Waals surface area contributed by atoms with Gasteiger partial charge < -0.3 is 4.90 Å². The van der Waals surface area contributed by atoms with Crippen molar-refractivity contribution in [1.82, 2.24) is 4.90 Å². The van der Waals surface area contributed by atoms with E-state index < -0.39 is 17.9 Å². The van der Waals surface area contributed by atoms with E-state index in [1.54, 1.807) is 30.3 Å². The maximum Gasteiger partial charge on any atom is 0.240 e. The first kappa shape index (κ1) is 16.7. The fourth-order valence-corrected chi connectivity index (χ4v) is 4.56. The van der Waals surface area contributed by atoms with Crippen LogP contribution in [0.2, 0.25) is 0 Å². The van der Waals surface area contributed by atoms with E-state index in [0.29, 0.717) is 5.69 Å². The van der Waals surface area contributed by atoms with Crippen molar-refractivity contribution in [2.24, 2.45) is 11.8 Å². The molecule has 5 nitrogen and oxygen atoms in total. The number of nitrogens with zero attached hydrogens (tertiary/aromatic N) is 2. The van der Waals surface area contributed by atoms with E-state index >= 15 is 0 Å².